The molecule has 3 aliphatic heterocycles. The molecular weight excluding hydrogens is 266 g/mol. The number of rotatable bonds is 2. The second-order valence-electron chi connectivity index (χ2n) is 6.66. The number of carbonyl (C=O) groups is 1. The molecule has 3 rings (SSSR count). The minimum atomic E-state index is -0.148. The van der Waals surface area contributed by atoms with Crippen molar-refractivity contribution in [1.29, 1.82) is 0 Å². The normalized spacial score (nSPS) is 33.1. The van der Waals surface area contributed by atoms with E-state index in [0.29, 0.717) is 12.6 Å². The van der Waals surface area contributed by atoms with Crippen LogP contribution in [0.5, 0.6) is 0 Å². The van der Waals surface area contributed by atoms with Gasteiger partial charge in [0.1, 0.15) is 6.04 Å². The number of piperidine rings is 2. The number of nitrogens with zero attached hydrogens (tertiary/aromatic N) is 2. The molecule has 120 valence electrons. The van der Waals surface area contributed by atoms with E-state index in [0.717, 1.165) is 32.5 Å². The number of likely N-dealkylation sites (tertiary alicyclic amines) is 2. The van der Waals surface area contributed by atoms with Gasteiger partial charge in [0.25, 0.3) is 0 Å². The Balaban J connectivity index is 1.49. The molecule has 5 nitrogen and oxygen atoms in total. The van der Waals surface area contributed by atoms with E-state index in [1.54, 1.807) is 0 Å². The molecule has 1 amide bonds. The SMILES string of the molecule is C[C@H]1OCCN[C@@H]1C(=O)N1CCC(N2CCCCC2)CC1. The zero-order chi connectivity index (χ0) is 14.7. The van der Waals surface area contributed by atoms with Crippen LogP contribution in [0, 0.1) is 0 Å². The van der Waals surface area contributed by atoms with Crippen molar-refractivity contribution < 1.29 is 9.53 Å². The highest BCUT2D eigenvalue weighted by atomic mass is 16.5. The zero-order valence-corrected chi connectivity index (χ0v) is 13.2. The summed E-state index contributed by atoms with van der Waals surface area (Å²) in [6, 6.07) is 0.549. The summed E-state index contributed by atoms with van der Waals surface area (Å²) in [6.07, 6.45) is 6.34. The lowest BCUT2D eigenvalue weighted by Crippen LogP contribution is -2.58. The molecule has 0 aromatic heterocycles. The molecule has 3 saturated heterocycles. The summed E-state index contributed by atoms with van der Waals surface area (Å²) in [7, 11) is 0. The molecule has 3 aliphatic rings. The first kappa shape index (κ1) is 15.3. The maximum Gasteiger partial charge on any atom is 0.242 e. The van der Waals surface area contributed by atoms with Crippen LogP contribution in [0.2, 0.25) is 0 Å². The molecule has 3 heterocycles. The molecule has 0 spiro atoms. The van der Waals surface area contributed by atoms with E-state index in [-0.39, 0.29) is 18.1 Å². The highest BCUT2D eigenvalue weighted by Gasteiger charge is 2.34. The van der Waals surface area contributed by atoms with Crippen LogP contribution in [-0.4, -0.2) is 73.2 Å². The molecular formula is C16H29N3O2. The van der Waals surface area contributed by atoms with Gasteiger partial charge in [-0.3, -0.25) is 4.79 Å². The summed E-state index contributed by atoms with van der Waals surface area (Å²) in [5.41, 5.74) is 0. The van der Waals surface area contributed by atoms with Gasteiger partial charge in [-0.25, -0.2) is 0 Å². The number of nitrogens with one attached hydrogen (secondary N) is 1. The van der Waals surface area contributed by atoms with Crippen molar-refractivity contribution in [3.8, 4) is 0 Å². The lowest BCUT2D eigenvalue weighted by molar-refractivity contribution is -0.141. The predicted octanol–water partition coefficient (Wildman–Crippen LogP) is 0.840. The number of amides is 1. The zero-order valence-electron chi connectivity index (χ0n) is 13.2. The smallest absolute Gasteiger partial charge is 0.242 e. The van der Waals surface area contributed by atoms with Crippen molar-refractivity contribution in [2.24, 2.45) is 0 Å². The number of hydrogen-bond donors (Lipinski definition) is 1. The van der Waals surface area contributed by atoms with Crippen LogP contribution in [0.25, 0.3) is 0 Å². The van der Waals surface area contributed by atoms with Crippen molar-refractivity contribution >= 4 is 5.91 Å². The fourth-order valence-corrected chi connectivity index (χ4v) is 3.94. The minimum absolute atomic E-state index is 0.00827. The Morgan fingerprint density at radius 1 is 1.10 bits per heavy atom. The first-order valence-corrected chi connectivity index (χ1v) is 8.63. The number of morpholine rings is 1. The third-order valence-corrected chi connectivity index (χ3v) is 5.27. The Morgan fingerprint density at radius 2 is 1.81 bits per heavy atom. The Bertz CT molecular complexity index is 349. The molecule has 21 heavy (non-hydrogen) atoms. The fraction of sp³-hybridized carbons (Fsp3) is 0.938. The highest BCUT2D eigenvalue weighted by molar-refractivity contribution is 5.82. The van der Waals surface area contributed by atoms with Crippen LogP contribution >= 0.6 is 0 Å². The van der Waals surface area contributed by atoms with Gasteiger partial charge in [-0.15, -0.1) is 0 Å². The molecule has 2 atom stereocenters. The maximum absolute atomic E-state index is 12.6. The number of ether oxygens (including phenoxy) is 1. The van der Waals surface area contributed by atoms with Crippen molar-refractivity contribution in [1.82, 2.24) is 15.1 Å². The molecule has 0 bridgehead atoms. The first-order chi connectivity index (χ1) is 10.3. The summed E-state index contributed by atoms with van der Waals surface area (Å²) in [6.45, 7) is 7.82. The molecule has 0 unspecified atom stereocenters. The van der Waals surface area contributed by atoms with E-state index in [4.69, 9.17) is 4.74 Å². The van der Waals surface area contributed by atoms with E-state index in [2.05, 4.69) is 10.2 Å². The molecule has 0 radical (unpaired) electrons. The average Bonchev–Trinajstić information content (AvgIpc) is 2.56. The third kappa shape index (κ3) is 3.58. The highest BCUT2D eigenvalue weighted by Crippen LogP contribution is 2.21. The maximum atomic E-state index is 12.6. The van der Waals surface area contributed by atoms with E-state index >= 15 is 0 Å². The number of hydrogen-bond acceptors (Lipinski definition) is 4. The van der Waals surface area contributed by atoms with Crippen molar-refractivity contribution in [2.75, 3.05) is 39.3 Å². The van der Waals surface area contributed by atoms with E-state index < -0.39 is 0 Å². The average molecular weight is 295 g/mol. The lowest BCUT2D eigenvalue weighted by atomic mass is 9.99. The summed E-state index contributed by atoms with van der Waals surface area (Å²) >= 11 is 0. The van der Waals surface area contributed by atoms with E-state index in [9.17, 15) is 4.79 Å². The monoisotopic (exact) mass is 295 g/mol. The first-order valence-electron chi connectivity index (χ1n) is 8.63. The molecule has 3 fully saturated rings. The van der Waals surface area contributed by atoms with Gasteiger partial charge in [0.05, 0.1) is 12.7 Å². The summed E-state index contributed by atoms with van der Waals surface area (Å²) in [5, 5.41) is 3.31. The Hall–Kier alpha value is -0.650. The van der Waals surface area contributed by atoms with Crippen LogP contribution in [0.3, 0.4) is 0 Å². The molecule has 0 saturated carbocycles. The van der Waals surface area contributed by atoms with E-state index in [1.807, 2.05) is 11.8 Å². The lowest BCUT2D eigenvalue weighted by Gasteiger charge is -2.42. The van der Waals surface area contributed by atoms with Gasteiger partial charge < -0.3 is 19.9 Å². The molecule has 5 heteroatoms. The van der Waals surface area contributed by atoms with Crippen molar-refractivity contribution in [3.63, 3.8) is 0 Å². The summed E-state index contributed by atoms with van der Waals surface area (Å²) < 4.78 is 5.60. The third-order valence-electron chi connectivity index (χ3n) is 5.27. The van der Waals surface area contributed by atoms with E-state index in [1.165, 1.54) is 32.4 Å². The Labute approximate surface area is 128 Å². The predicted molar refractivity (Wildman–Crippen MR) is 82.2 cm³/mol. The van der Waals surface area contributed by atoms with Crippen molar-refractivity contribution in [3.05, 3.63) is 0 Å². The quantitative estimate of drug-likeness (QED) is 0.820. The van der Waals surface area contributed by atoms with Gasteiger partial charge in [-0.2, -0.15) is 0 Å². The topological polar surface area (TPSA) is 44.8 Å². The molecule has 1 N–H and O–H groups in total. The van der Waals surface area contributed by atoms with Gasteiger partial charge >= 0.3 is 0 Å². The minimum Gasteiger partial charge on any atom is -0.375 e. The second-order valence-corrected chi connectivity index (χ2v) is 6.66. The van der Waals surface area contributed by atoms with Crippen LogP contribution in [0.4, 0.5) is 0 Å². The van der Waals surface area contributed by atoms with Crippen LogP contribution in [0.1, 0.15) is 39.0 Å². The van der Waals surface area contributed by atoms with Crippen LogP contribution in [-0.2, 0) is 9.53 Å². The standard InChI is InChI=1S/C16H29N3O2/c1-13-15(17-7-12-21-13)16(20)19-10-5-14(6-11-19)18-8-3-2-4-9-18/h13-15,17H,2-12H2,1H3/t13-,15+/m1/s1. The Morgan fingerprint density at radius 3 is 2.48 bits per heavy atom. The van der Waals surface area contributed by atoms with Gasteiger partial charge in [0.15, 0.2) is 0 Å². The van der Waals surface area contributed by atoms with Gasteiger partial charge in [-0.05, 0) is 45.7 Å². The molecule has 0 aliphatic carbocycles. The summed E-state index contributed by atoms with van der Waals surface area (Å²) in [4.78, 5) is 17.3. The second kappa shape index (κ2) is 7.07. The fourth-order valence-electron chi connectivity index (χ4n) is 3.94. The molecule has 0 aromatic rings. The Kier molecular flexibility index (Phi) is 5.14. The number of carbonyl (C=O) groups excluding carboxylic acids is 1. The summed E-state index contributed by atoms with van der Waals surface area (Å²) in [5.74, 6) is 0.235. The van der Waals surface area contributed by atoms with Crippen molar-refractivity contribution in [2.45, 2.75) is 57.2 Å². The largest absolute Gasteiger partial charge is 0.375 e. The molecule has 0 aromatic carbocycles. The van der Waals surface area contributed by atoms with Crippen LogP contribution in [0.15, 0.2) is 0 Å². The van der Waals surface area contributed by atoms with Gasteiger partial charge in [0.2, 0.25) is 5.91 Å². The van der Waals surface area contributed by atoms with Gasteiger partial charge in [0, 0.05) is 25.7 Å². The van der Waals surface area contributed by atoms with Gasteiger partial charge in [-0.1, -0.05) is 6.42 Å². The van der Waals surface area contributed by atoms with Crippen LogP contribution < -0.4 is 5.32 Å².